The van der Waals surface area contributed by atoms with Crippen LogP contribution >= 0.6 is 35.2 Å². The van der Waals surface area contributed by atoms with Crippen molar-refractivity contribution in [2.75, 3.05) is 46.4 Å². The van der Waals surface area contributed by atoms with E-state index in [9.17, 15) is 19.1 Å². The Morgan fingerprint density at radius 2 is 2.10 bits per heavy atom. The third-order valence-electron chi connectivity index (χ3n) is 7.68. The molecule has 13 heteroatoms. The average molecular weight is 620 g/mol. The Balaban J connectivity index is 1.44. The van der Waals surface area contributed by atoms with E-state index in [-0.39, 0.29) is 11.1 Å². The van der Waals surface area contributed by atoms with E-state index in [1.54, 1.807) is 26.1 Å². The van der Waals surface area contributed by atoms with Crippen LogP contribution < -0.4 is 5.32 Å². The van der Waals surface area contributed by atoms with Crippen molar-refractivity contribution >= 4 is 57.9 Å². The third-order valence-corrected chi connectivity index (χ3v) is 9.31. The molecule has 1 aromatic carbocycles. The van der Waals surface area contributed by atoms with E-state index >= 15 is 0 Å². The molecule has 2 fully saturated rings. The van der Waals surface area contributed by atoms with Gasteiger partial charge in [0.25, 0.3) is 0 Å². The highest BCUT2D eigenvalue weighted by Crippen LogP contribution is 2.39. The van der Waals surface area contributed by atoms with Gasteiger partial charge in [-0.3, -0.25) is 9.69 Å². The van der Waals surface area contributed by atoms with E-state index in [4.69, 9.17) is 28.6 Å². The summed E-state index contributed by atoms with van der Waals surface area (Å²) in [5.41, 5.74) is 1.45. The SMILES string of the molecule is COC(=O)C1=C(CN2CCN3C(=S)N(CC(C)(C)C(=O)O)CC3C2)NC(c2nccs2)=CC1c1ccc(F)cc1Cl. The number of thiocarbonyl (C=S) groups is 1. The number of aliphatic carboxylic acids is 1. The monoisotopic (exact) mass is 619 g/mol. The fraction of sp³-hybridized carbons (Fsp3) is 0.429. The summed E-state index contributed by atoms with van der Waals surface area (Å²) in [5.74, 6) is -2.42. The molecule has 2 aromatic rings. The second-order valence-electron chi connectivity index (χ2n) is 11.0. The first-order chi connectivity index (χ1) is 19.5. The van der Waals surface area contributed by atoms with E-state index in [1.807, 2.05) is 16.4 Å². The number of halogens is 2. The largest absolute Gasteiger partial charge is 0.481 e. The molecule has 5 rings (SSSR count). The summed E-state index contributed by atoms with van der Waals surface area (Å²) >= 11 is 13.7. The molecule has 0 radical (unpaired) electrons. The van der Waals surface area contributed by atoms with Crippen LogP contribution in [-0.2, 0) is 14.3 Å². The molecule has 0 aliphatic carbocycles. The second kappa shape index (κ2) is 11.7. The van der Waals surface area contributed by atoms with Gasteiger partial charge in [-0.05, 0) is 49.8 Å². The number of dihydropyridines is 1. The molecule has 1 aromatic heterocycles. The van der Waals surface area contributed by atoms with E-state index in [1.165, 1.54) is 30.6 Å². The van der Waals surface area contributed by atoms with Gasteiger partial charge >= 0.3 is 11.9 Å². The summed E-state index contributed by atoms with van der Waals surface area (Å²) < 4.78 is 19.2. The van der Waals surface area contributed by atoms with Crippen LogP contribution in [0.1, 0.15) is 30.3 Å². The number of carboxylic acids is 1. The summed E-state index contributed by atoms with van der Waals surface area (Å²) in [6.45, 7) is 6.81. The van der Waals surface area contributed by atoms with Gasteiger partial charge < -0.3 is 25.0 Å². The molecule has 4 heterocycles. The maximum atomic E-state index is 13.9. The van der Waals surface area contributed by atoms with Crippen molar-refractivity contribution in [3.8, 4) is 0 Å². The molecule has 0 amide bonds. The first-order valence-electron chi connectivity index (χ1n) is 13.1. The summed E-state index contributed by atoms with van der Waals surface area (Å²) in [5, 5.41) is 16.5. The van der Waals surface area contributed by atoms with E-state index in [0.29, 0.717) is 61.2 Å². The first kappa shape index (κ1) is 29.4. The highest BCUT2D eigenvalue weighted by Gasteiger charge is 2.42. The van der Waals surface area contributed by atoms with Gasteiger partial charge in [-0.1, -0.05) is 17.7 Å². The van der Waals surface area contributed by atoms with Crippen molar-refractivity contribution in [2.24, 2.45) is 5.41 Å². The number of aromatic nitrogens is 1. The Morgan fingerprint density at radius 1 is 1.32 bits per heavy atom. The molecule has 2 saturated heterocycles. The molecule has 2 unspecified atom stereocenters. The van der Waals surface area contributed by atoms with Crippen molar-refractivity contribution < 1.29 is 23.8 Å². The molecule has 2 atom stereocenters. The minimum Gasteiger partial charge on any atom is -0.481 e. The fourth-order valence-corrected chi connectivity index (χ4v) is 6.84. The summed E-state index contributed by atoms with van der Waals surface area (Å²) in [7, 11) is 1.34. The van der Waals surface area contributed by atoms with Crippen molar-refractivity contribution in [2.45, 2.75) is 25.8 Å². The topological polar surface area (TPSA) is 98.2 Å². The fourth-order valence-electron chi connectivity index (χ4n) is 5.56. The molecule has 9 nitrogen and oxygen atoms in total. The van der Waals surface area contributed by atoms with Crippen molar-refractivity contribution in [1.29, 1.82) is 0 Å². The van der Waals surface area contributed by atoms with Crippen LogP contribution in [0, 0.1) is 11.2 Å². The number of nitrogens with zero attached hydrogens (tertiary/aromatic N) is 4. The minimum absolute atomic E-state index is 0.0860. The molecule has 2 N–H and O–H groups in total. The second-order valence-corrected chi connectivity index (χ2v) is 12.7. The quantitative estimate of drug-likeness (QED) is 0.336. The van der Waals surface area contributed by atoms with Crippen molar-refractivity contribution in [3.63, 3.8) is 0 Å². The lowest BCUT2D eigenvalue weighted by atomic mass is 9.86. The third kappa shape index (κ3) is 5.97. The normalized spacial score (nSPS) is 21.5. The number of hydrogen-bond donors (Lipinski definition) is 2. The number of rotatable bonds is 8. The number of allylic oxidation sites excluding steroid dienone is 1. The highest BCUT2D eigenvalue weighted by atomic mass is 35.5. The zero-order chi connectivity index (χ0) is 29.5. The van der Waals surface area contributed by atoms with E-state index in [2.05, 4.69) is 20.1 Å². The Bertz CT molecular complexity index is 1430. The molecule has 0 saturated carbocycles. The Hall–Kier alpha value is -3.06. The number of ether oxygens (including phenoxy) is 1. The number of carboxylic acid groups (broad SMARTS) is 1. The number of methoxy groups -OCH3 is 1. The summed E-state index contributed by atoms with van der Waals surface area (Å²) in [6.07, 6.45) is 3.59. The van der Waals surface area contributed by atoms with Gasteiger partial charge in [-0.15, -0.1) is 11.3 Å². The molecular weight excluding hydrogens is 589 g/mol. The number of carbonyl (C=O) groups excluding carboxylic acids is 1. The molecule has 0 spiro atoms. The van der Waals surface area contributed by atoms with E-state index in [0.717, 1.165) is 10.7 Å². The van der Waals surface area contributed by atoms with Gasteiger partial charge in [0.15, 0.2) is 5.11 Å². The smallest absolute Gasteiger partial charge is 0.336 e. The number of nitrogens with one attached hydrogen (secondary N) is 1. The average Bonchev–Trinajstić information content (AvgIpc) is 3.56. The molecule has 0 bridgehead atoms. The van der Waals surface area contributed by atoms with Crippen LogP contribution in [0.5, 0.6) is 0 Å². The molecule has 218 valence electrons. The van der Waals surface area contributed by atoms with Gasteiger partial charge in [0.05, 0.1) is 29.8 Å². The van der Waals surface area contributed by atoms with Gasteiger partial charge in [-0.2, -0.15) is 0 Å². The predicted molar refractivity (Wildman–Crippen MR) is 159 cm³/mol. The number of hydrogen-bond acceptors (Lipinski definition) is 8. The van der Waals surface area contributed by atoms with Crippen LogP contribution in [-0.4, -0.2) is 94.3 Å². The zero-order valence-corrected chi connectivity index (χ0v) is 25.3. The number of esters is 1. The Kier molecular flexibility index (Phi) is 8.38. The number of carbonyl (C=O) groups is 2. The van der Waals surface area contributed by atoms with Crippen LogP contribution in [0.25, 0.3) is 5.70 Å². The predicted octanol–water partition coefficient (Wildman–Crippen LogP) is 3.79. The zero-order valence-electron chi connectivity index (χ0n) is 22.9. The van der Waals surface area contributed by atoms with Gasteiger partial charge in [0.2, 0.25) is 0 Å². The van der Waals surface area contributed by atoms with Gasteiger partial charge in [0.1, 0.15) is 10.8 Å². The standard InChI is InChI=1S/C28H31ClFN5O4S2/c1-28(2,26(37)38)15-34-13-17-12-33(7-8-35(17)27(34)40)14-22-23(25(36)39-3)19(18-5-4-16(30)10-20(18)29)11-21(32-22)24-31-6-9-41-24/h4-6,9-11,17,19,32H,7-8,12-15H2,1-3H3,(H,37,38). The molecule has 41 heavy (non-hydrogen) atoms. The lowest BCUT2D eigenvalue weighted by molar-refractivity contribution is -0.147. The Labute approximate surface area is 252 Å². The number of thiazole rings is 1. The first-order valence-corrected chi connectivity index (χ1v) is 14.8. The van der Waals surface area contributed by atoms with Crippen LogP contribution in [0.2, 0.25) is 5.02 Å². The minimum atomic E-state index is -0.931. The van der Waals surface area contributed by atoms with Gasteiger partial charge in [-0.25, -0.2) is 14.2 Å². The number of piperazine rings is 1. The number of benzene rings is 1. The van der Waals surface area contributed by atoms with Crippen molar-refractivity contribution in [3.05, 3.63) is 68.5 Å². The lowest BCUT2D eigenvalue weighted by Gasteiger charge is -2.39. The summed E-state index contributed by atoms with van der Waals surface area (Å²) in [6, 6.07) is 4.25. The number of fused-ring (bicyclic) bond motifs is 1. The molecule has 3 aliphatic heterocycles. The maximum absolute atomic E-state index is 13.9. The van der Waals surface area contributed by atoms with Crippen LogP contribution in [0.4, 0.5) is 4.39 Å². The van der Waals surface area contributed by atoms with Crippen molar-refractivity contribution in [1.82, 2.24) is 25.0 Å². The molecular formula is C28H31ClFN5O4S2. The highest BCUT2D eigenvalue weighted by molar-refractivity contribution is 7.80. The van der Waals surface area contributed by atoms with E-state index < -0.39 is 29.1 Å². The lowest BCUT2D eigenvalue weighted by Crippen LogP contribution is -2.53. The maximum Gasteiger partial charge on any atom is 0.336 e. The Morgan fingerprint density at radius 3 is 2.76 bits per heavy atom. The summed E-state index contributed by atoms with van der Waals surface area (Å²) in [4.78, 5) is 35.8. The van der Waals surface area contributed by atoms with Crippen LogP contribution in [0.15, 0.2) is 47.1 Å². The van der Waals surface area contributed by atoms with Gasteiger partial charge in [0, 0.05) is 67.5 Å². The molecule has 3 aliphatic rings. The van der Waals surface area contributed by atoms with Crippen LogP contribution in [0.3, 0.4) is 0 Å².